The molecule has 2 atom stereocenters. The average Bonchev–Trinajstić information content (AvgIpc) is 2.14. The summed E-state index contributed by atoms with van der Waals surface area (Å²) in [6.07, 6.45) is -7.64. The predicted molar refractivity (Wildman–Crippen MR) is 50.1 cm³/mol. The van der Waals surface area contributed by atoms with Crippen molar-refractivity contribution in [2.24, 2.45) is 5.73 Å². The van der Waals surface area contributed by atoms with Crippen LogP contribution in [0.2, 0.25) is 0 Å². The number of hydrogen-bond acceptors (Lipinski definition) is 2. The SMILES string of the molecule is Cc1ccc([C@H](N)[C@H](O)C(F)(F)F)c(F)c1. The monoisotopic (exact) mass is 237 g/mol. The second-order valence-corrected chi connectivity index (χ2v) is 3.54. The third kappa shape index (κ3) is 2.70. The second kappa shape index (κ2) is 4.39. The number of rotatable bonds is 2. The highest BCUT2D eigenvalue weighted by molar-refractivity contribution is 5.26. The molecule has 0 aliphatic carbocycles. The van der Waals surface area contributed by atoms with Crippen LogP contribution in [-0.2, 0) is 0 Å². The van der Waals surface area contributed by atoms with E-state index < -0.39 is 24.1 Å². The van der Waals surface area contributed by atoms with Crippen molar-refractivity contribution in [3.8, 4) is 0 Å². The van der Waals surface area contributed by atoms with E-state index in [0.717, 1.165) is 12.1 Å². The van der Waals surface area contributed by atoms with E-state index in [4.69, 9.17) is 10.8 Å². The molecule has 0 fully saturated rings. The molecule has 0 saturated carbocycles. The van der Waals surface area contributed by atoms with E-state index >= 15 is 0 Å². The van der Waals surface area contributed by atoms with Crippen LogP contribution in [0.25, 0.3) is 0 Å². The largest absolute Gasteiger partial charge is 0.416 e. The van der Waals surface area contributed by atoms with Gasteiger partial charge < -0.3 is 10.8 Å². The number of aliphatic hydroxyl groups is 1. The number of alkyl halides is 3. The highest BCUT2D eigenvalue weighted by Gasteiger charge is 2.43. The molecule has 3 N–H and O–H groups in total. The molecule has 90 valence electrons. The zero-order chi connectivity index (χ0) is 12.5. The van der Waals surface area contributed by atoms with E-state index in [0.29, 0.717) is 5.56 Å². The van der Waals surface area contributed by atoms with E-state index in [9.17, 15) is 17.6 Å². The number of halogens is 4. The summed E-state index contributed by atoms with van der Waals surface area (Å²) in [5, 5.41) is 8.88. The summed E-state index contributed by atoms with van der Waals surface area (Å²) in [4.78, 5) is 0. The maximum Gasteiger partial charge on any atom is 0.416 e. The number of aliphatic hydroxyl groups excluding tert-OH is 1. The van der Waals surface area contributed by atoms with E-state index in [1.54, 1.807) is 6.92 Å². The number of hydrogen-bond donors (Lipinski definition) is 2. The van der Waals surface area contributed by atoms with Gasteiger partial charge in [-0.25, -0.2) is 4.39 Å². The van der Waals surface area contributed by atoms with Gasteiger partial charge in [0.1, 0.15) is 5.82 Å². The first kappa shape index (κ1) is 12.9. The van der Waals surface area contributed by atoms with Gasteiger partial charge in [0, 0.05) is 5.56 Å². The molecule has 0 amide bonds. The molecule has 0 aromatic heterocycles. The Kier molecular flexibility index (Phi) is 3.54. The topological polar surface area (TPSA) is 46.2 Å². The van der Waals surface area contributed by atoms with Gasteiger partial charge >= 0.3 is 6.18 Å². The lowest BCUT2D eigenvalue weighted by atomic mass is 10.00. The van der Waals surface area contributed by atoms with Gasteiger partial charge in [0.15, 0.2) is 6.10 Å². The highest BCUT2D eigenvalue weighted by Crippen LogP contribution is 2.29. The smallest absolute Gasteiger partial charge is 0.382 e. The van der Waals surface area contributed by atoms with Crippen LogP contribution in [-0.4, -0.2) is 17.4 Å². The fraction of sp³-hybridized carbons (Fsp3) is 0.400. The third-order valence-electron chi connectivity index (χ3n) is 2.19. The van der Waals surface area contributed by atoms with Crippen molar-refractivity contribution in [1.29, 1.82) is 0 Å². The van der Waals surface area contributed by atoms with E-state index in [1.807, 2.05) is 0 Å². The third-order valence-corrected chi connectivity index (χ3v) is 2.19. The molecule has 0 bridgehead atoms. The van der Waals surface area contributed by atoms with Crippen molar-refractivity contribution < 1.29 is 22.7 Å². The van der Waals surface area contributed by atoms with Crippen molar-refractivity contribution in [2.45, 2.75) is 25.2 Å². The van der Waals surface area contributed by atoms with Crippen LogP contribution in [0.5, 0.6) is 0 Å². The van der Waals surface area contributed by atoms with Gasteiger partial charge in [-0.3, -0.25) is 0 Å². The van der Waals surface area contributed by atoms with Gasteiger partial charge in [-0.15, -0.1) is 0 Å². The molecule has 0 unspecified atom stereocenters. The molecule has 6 heteroatoms. The van der Waals surface area contributed by atoms with Crippen LogP contribution in [0.3, 0.4) is 0 Å². The molecule has 0 saturated heterocycles. The van der Waals surface area contributed by atoms with Crippen LogP contribution >= 0.6 is 0 Å². The Morgan fingerprint density at radius 2 is 1.88 bits per heavy atom. The number of nitrogens with two attached hydrogens (primary N) is 1. The fourth-order valence-corrected chi connectivity index (χ4v) is 1.28. The summed E-state index contributed by atoms with van der Waals surface area (Å²) < 4.78 is 49.7. The van der Waals surface area contributed by atoms with Gasteiger partial charge in [-0.05, 0) is 18.6 Å². The Morgan fingerprint density at radius 3 is 2.31 bits per heavy atom. The van der Waals surface area contributed by atoms with Crippen LogP contribution in [0.4, 0.5) is 17.6 Å². The van der Waals surface area contributed by atoms with Crippen LogP contribution in [0.15, 0.2) is 18.2 Å². The summed E-state index contributed by atoms with van der Waals surface area (Å²) in [6, 6.07) is 1.82. The van der Waals surface area contributed by atoms with Crippen molar-refractivity contribution >= 4 is 0 Å². The van der Waals surface area contributed by atoms with Crippen molar-refractivity contribution in [2.75, 3.05) is 0 Å². The highest BCUT2D eigenvalue weighted by atomic mass is 19.4. The number of aryl methyl sites for hydroxylation is 1. The minimum atomic E-state index is -4.86. The van der Waals surface area contributed by atoms with Crippen LogP contribution in [0, 0.1) is 12.7 Å². The Labute approximate surface area is 89.7 Å². The minimum Gasteiger partial charge on any atom is -0.382 e. The molecule has 1 aromatic rings. The van der Waals surface area contributed by atoms with E-state index in [1.165, 1.54) is 6.07 Å². The zero-order valence-corrected chi connectivity index (χ0v) is 8.42. The van der Waals surface area contributed by atoms with Gasteiger partial charge in [-0.2, -0.15) is 13.2 Å². The lowest BCUT2D eigenvalue weighted by Gasteiger charge is -2.22. The Hall–Kier alpha value is -1.14. The predicted octanol–water partition coefficient (Wildman–Crippen LogP) is 2.06. The summed E-state index contributed by atoms with van der Waals surface area (Å²) in [5.74, 6) is -0.851. The van der Waals surface area contributed by atoms with Gasteiger partial charge in [0.2, 0.25) is 0 Å². The van der Waals surface area contributed by atoms with Crippen molar-refractivity contribution in [1.82, 2.24) is 0 Å². The van der Waals surface area contributed by atoms with Crippen molar-refractivity contribution in [3.63, 3.8) is 0 Å². The lowest BCUT2D eigenvalue weighted by Crippen LogP contribution is -2.39. The summed E-state index contributed by atoms with van der Waals surface area (Å²) in [6.45, 7) is 1.60. The van der Waals surface area contributed by atoms with E-state index in [-0.39, 0.29) is 5.56 Å². The quantitative estimate of drug-likeness (QED) is 0.773. The first-order valence-corrected chi connectivity index (χ1v) is 4.50. The average molecular weight is 237 g/mol. The van der Waals surface area contributed by atoms with Crippen LogP contribution < -0.4 is 5.73 Å². The maximum atomic E-state index is 13.3. The molecule has 2 nitrogen and oxygen atoms in total. The molecule has 1 aromatic carbocycles. The Morgan fingerprint density at radius 1 is 1.31 bits per heavy atom. The Bertz CT molecular complexity index is 378. The summed E-state index contributed by atoms with van der Waals surface area (Å²) in [5.41, 5.74) is 5.38. The van der Waals surface area contributed by atoms with E-state index in [2.05, 4.69) is 0 Å². The van der Waals surface area contributed by atoms with Crippen molar-refractivity contribution in [3.05, 3.63) is 35.1 Å². The molecular weight excluding hydrogens is 226 g/mol. The molecule has 0 spiro atoms. The summed E-state index contributed by atoms with van der Waals surface area (Å²) >= 11 is 0. The standard InChI is InChI=1S/C10H11F4NO/c1-5-2-3-6(7(11)4-5)8(15)9(16)10(12,13)14/h2-4,8-9,16H,15H2,1H3/t8-,9-/m0/s1. The summed E-state index contributed by atoms with van der Waals surface area (Å²) in [7, 11) is 0. The first-order valence-electron chi connectivity index (χ1n) is 4.50. The Balaban J connectivity index is 3.01. The van der Waals surface area contributed by atoms with Gasteiger partial charge in [0.25, 0.3) is 0 Å². The maximum absolute atomic E-state index is 13.3. The zero-order valence-electron chi connectivity index (χ0n) is 8.42. The normalized spacial score (nSPS) is 15.9. The van der Waals surface area contributed by atoms with Crippen LogP contribution in [0.1, 0.15) is 17.2 Å². The first-order chi connectivity index (χ1) is 7.23. The lowest BCUT2D eigenvalue weighted by molar-refractivity contribution is -0.210. The van der Waals surface area contributed by atoms with Gasteiger partial charge in [0.05, 0.1) is 6.04 Å². The molecule has 16 heavy (non-hydrogen) atoms. The second-order valence-electron chi connectivity index (χ2n) is 3.54. The molecular formula is C10H11F4NO. The number of benzene rings is 1. The van der Waals surface area contributed by atoms with Gasteiger partial charge in [-0.1, -0.05) is 12.1 Å². The molecule has 0 radical (unpaired) electrons. The fourth-order valence-electron chi connectivity index (χ4n) is 1.28. The molecule has 0 aliphatic rings. The minimum absolute atomic E-state index is 0.351. The molecule has 1 rings (SSSR count). The molecule has 0 heterocycles. The molecule has 0 aliphatic heterocycles.